The number of carbonyl (C=O) groups excluding carboxylic acids is 1. The predicted molar refractivity (Wildman–Crippen MR) is 72.7 cm³/mol. The van der Waals surface area contributed by atoms with Gasteiger partial charge in [0.15, 0.2) is 0 Å². The molecule has 3 N–H and O–H groups in total. The van der Waals surface area contributed by atoms with Crippen LogP contribution in [0, 0.1) is 5.92 Å². The molecule has 19 heavy (non-hydrogen) atoms. The lowest BCUT2D eigenvalue weighted by atomic mass is 10.0. The van der Waals surface area contributed by atoms with E-state index in [0.29, 0.717) is 18.2 Å². The molecule has 0 unspecified atom stereocenters. The number of carbonyl (C=O) groups is 1. The number of H-pyrrole nitrogens is 1. The van der Waals surface area contributed by atoms with Crippen molar-refractivity contribution < 1.29 is 4.79 Å². The third-order valence-electron chi connectivity index (χ3n) is 3.31. The molecule has 5 nitrogen and oxygen atoms in total. The smallest absolute Gasteiger partial charge is 0.269 e. The second kappa shape index (κ2) is 5.24. The minimum atomic E-state index is -0.0958. The summed E-state index contributed by atoms with van der Waals surface area (Å²) in [6.45, 7) is 2.68. The third kappa shape index (κ3) is 2.66. The van der Waals surface area contributed by atoms with E-state index in [1.807, 2.05) is 30.3 Å². The van der Waals surface area contributed by atoms with Gasteiger partial charge in [0.25, 0.3) is 5.91 Å². The van der Waals surface area contributed by atoms with Gasteiger partial charge >= 0.3 is 0 Å². The van der Waals surface area contributed by atoms with Crippen molar-refractivity contribution in [3.63, 3.8) is 0 Å². The number of hydrogen-bond donors (Lipinski definition) is 3. The van der Waals surface area contributed by atoms with Gasteiger partial charge in [-0.25, -0.2) is 0 Å². The monoisotopic (exact) mass is 256 g/mol. The summed E-state index contributed by atoms with van der Waals surface area (Å²) < 4.78 is 0. The number of rotatable bonds is 4. The van der Waals surface area contributed by atoms with Crippen LogP contribution in [0.5, 0.6) is 0 Å². The van der Waals surface area contributed by atoms with Crippen LogP contribution in [-0.4, -0.2) is 35.7 Å². The summed E-state index contributed by atoms with van der Waals surface area (Å²) in [7, 11) is 0. The van der Waals surface area contributed by atoms with Gasteiger partial charge in [-0.15, -0.1) is 0 Å². The van der Waals surface area contributed by atoms with E-state index in [4.69, 9.17) is 0 Å². The van der Waals surface area contributed by atoms with E-state index in [0.717, 1.165) is 24.3 Å². The topological polar surface area (TPSA) is 69.8 Å². The Labute approximate surface area is 111 Å². The highest BCUT2D eigenvalue weighted by Crippen LogP contribution is 2.16. The molecule has 0 aliphatic carbocycles. The lowest BCUT2D eigenvalue weighted by molar-refractivity contribution is 0.0937. The van der Waals surface area contributed by atoms with Crippen LogP contribution in [0.15, 0.2) is 36.4 Å². The van der Waals surface area contributed by atoms with Gasteiger partial charge in [-0.3, -0.25) is 9.89 Å². The lowest BCUT2D eigenvalue weighted by Gasteiger charge is -2.26. The fourth-order valence-corrected chi connectivity index (χ4v) is 2.02. The van der Waals surface area contributed by atoms with Crippen LogP contribution in [0.25, 0.3) is 11.3 Å². The number of aromatic nitrogens is 2. The molecule has 1 amide bonds. The highest BCUT2D eigenvalue weighted by molar-refractivity contribution is 5.93. The van der Waals surface area contributed by atoms with E-state index < -0.39 is 0 Å². The molecule has 1 aromatic carbocycles. The Kier molecular flexibility index (Phi) is 3.29. The van der Waals surface area contributed by atoms with Crippen molar-refractivity contribution in [3.05, 3.63) is 42.1 Å². The molecule has 5 heteroatoms. The number of nitrogens with zero attached hydrogens (tertiary/aromatic N) is 1. The van der Waals surface area contributed by atoms with Crippen molar-refractivity contribution in [2.24, 2.45) is 5.92 Å². The van der Waals surface area contributed by atoms with E-state index in [1.165, 1.54) is 0 Å². The number of benzene rings is 1. The maximum Gasteiger partial charge on any atom is 0.269 e. The maximum absolute atomic E-state index is 11.9. The summed E-state index contributed by atoms with van der Waals surface area (Å²) >= 11 is 0. The minimum absolute atomic E-state index is 0.0958. The molecule has 0 radical (unpaired) electrons. The Morgan fingerprint density at radius 2 is 2.11 bits per heavy atom. The third-order valence-corrected chi connectivity index (χ3v) is 3.31. The Morgan fingerprint density at radius 1 is 1.32 bits per heavy atom. The van der Waals surface area contributed by atoms with Gasteiger partial charge in [-0.1, -0.05) is 30.3 Å². The van der Waals surface area contributed by atoms with Crippen molar-refractivity contribution in [2.75, 3.05) is 19.6 Å². The molecule has 98 valence electrons. The zero-order valence-electron chi connectivity index (χ0n) is 10.5. The van der Waals surface area contributed by atoms with E-state index in [9.17, 15) is 4.79 Å². The normalized spacial score (nSPS) is 14.9. The molecule has 2 heterocycles. The van der Waals surface area contributed by atoms with Crippen LogP contribution in [0.3, 0.4) is 0 Å². The SMILES string of the molecule is O=C(NCC1CNC1)c1cc(-c2ccccc2)n[nH]1. The van der Waals surface area contributed by atoms with Crippen molar-refractivity contribution in [1.82, 2.24) is 20.8 Å². The molecular weight excluding hydrogens is 240 g/mol. The fraction of sp³-hybridized carbons (Fsp3) is 0.286. The molecule has 1 fully saturated rings. The van der Waals surface area contributed by atoms with Gasteiger partial charge in [0, 0.05) is 31.1 Å². The molecule has 0 atom stereocenters. The van der Waals surface area contributed by atoms with Gasteiger partial charge in [-0.2, -0.15) is 5.10 Å². The molecule has 0 spiro atoms. The first-order chi connectivity index (χ1) is 9.33. The predicted octanol–water partition coefficient (Wildman–Crippen LogP) is 1.03. The van der Waals surface area contributed by atoms with E-state index >= 15 is 0 Å². The van der Waals surface area contributed by atoms with Crippen molar-refractivity contribution in [3.8, 4) is 11.3 Å². The van der Waals surface area contributed by atoms with Crippen LogP contribution in [-0.2, 0) is 0 Å². The van der Waals surface area contributed by atoms with Crippen LogP contribution in [0.2, 0.25) is 0 Å². The molecule has 1 saturated heterocycles. The Bertz CT molecular complexity index is 560. The number of nitrogens with one attached hydrogen (secondary N) is 3. The number of amides is 1. The number of hydrogen-bond acceptors (Lipinski definition) is 3. The van der Waals surface area contributed by atoms with Gasteiger partial charge in [-0.05, 0) is 6.07 Å². The molecule has 1 aliphatic heterocycles. The van der Waals surface area contributed by atoms with E-state index in [-0.39, 0.29) is 5.91 Å². The van der Waals surface area contributed by atoms with Crippen LogP contribution in [0.4, 0.5) is 0 Å². The zero-order valence-corrected chi connectivity index (χ0v) is 10.5. The van der Waals surface area contributed by atoms with Gasteiger partial charge in [0.2, 0.25) is 0 Å². The van der Waals surface area contributed by atoms with Crippen LogP contribution >= 0.6 is 0 Å². The summed E-state index contributed by atoms with van der Waals surface area (Å²) in [5.74, 6) is 0.460. The summed E-state index contributed by atoms with van der Waals surface area (Å²) in [6.07, 6.45) is 0. The van der Waals surface area contributed by atoms with Crippen LogP contribution < -0.4 is 10.6 Å². The molecule has 2 aromatic rings. The largest absolute Gasteiger partial charge is 0.350 e. The van der Waals surface area contributed by atoms with Gasteiger partial charge in [0.05, 0.1) is 5.69 Å². The molecule has 1 aromatic heterocycles. The van der Waals surface area contributed by atoms with Gasteiger partial charge < -0.3 is 10.6 Å². The highest BCUT2D eigenvalue weighted by Gasteiger charge is 2.18. The summed E-state index contributed by atoms with van der Waals surface area (Å²) in [5, 5.41) is 13.1. The first-order valence-electron chi connectivity index (χ1n) is 6.42. The number of aromatic amines is 1. The Hall–Kier alpha value is -2.14. The standard InChI is InChI=1S/C14H16N4O/c19-14(16-9-10-7-15-8-10)13-6-12(17-18-13)11-4-2-1-3-5-11/h1-6,10,15H,7-9H2,(H,16,19)(H,17,18). The lowest BCUT2D eigenvalue weighted by Crippen LogP contribution is -2.48. The molecule has 0 bridgehead atoms. The Morgan fingerprint density at radius 3 is 2.79 bits per heavy atom. The highest BCUT2D eigenvalue weighted by atomic mass is 16.1. The fourth-order valence-electron chi connectivity index (χ4n) is 2.02. The zero-order chi connectivity index (χ0) is 13.1. The second-order valence-electron chi connectivity index (χ2n) is 4.77. The Balaban J connectivity index is 1.65. The van der Waals surface area contributed by atoms with Crippen molar-refractivity contribution in [2.45, 2.75) is 0 Å². The van der Waals surface area contributed by atoms with E-state index in [1.54, 1.807) is 6.07 Å². The summed E-state index contributed by atoms with van der Waals surface area (Å²) in [4.78, 5) is 11.9. The summed E-state index contributed by atoms with van der Waals surface area (Å²) in [6, 6.07) is 11.6. The minimum Gasteiger partial charge on any atom is -0.350 e. The average molecular weight is 256 g/mol. The molecule has 1 aliphatic rings. The average Bonchev–Trinajstić information content (AvgIpc) is 2.87. The molecule has 0 saturated carbocycles. The summed E-state index contributed by atoms with van der Waals surface area (Å²) in [5.41, 5.74) is 2.29. The first kappa shape index (κ1) is 11.9. The van der Waals surface area contributed by atoms with Crippen LogP contribution in [0.1, 0.15) is 10.5 Å². The van der Waals surface area contributed by atoms with Crippen molar-refractivity contribution in [1.29, 1.82) is 0 Å². The molecule has 3 rings (SSSR count). The second-order valence-corrected chi connectivity index (χ2v) is 4.77. The maximum atomic E-state index is 11.9. The van der Waals surface area contributed by atoms with E-state index in [2.05, 4.69) is 20.8 Å². The molecular formula is C14H16N4O. The first-order valence-corrected chi connectivity index (χ1v) is 6.42. The van der Waals surface area contributed by atoms with Gasteiger partial charge in [0.1, 0.15) is 5.69 Å². The quantitative estimate of drug-likeness (QED) is 0.765. The van der Waals surface area contributed by atoms with Crippen molar-refractivity contribution >= 4 is 5.91 Å².